The summed E-state index contributed by atoms with van der Waals surface area (Å²) >= 11 is 0. The Hall–Kier alpha value is -6.23. The molecule has 2 amide bonds. The molecule has 14 nitrogen and oxygen atoms in total. The first-order valence-electron chi connectivity index (χ1n) is 21.6. The number of anilines is 2. The Morgan fingerprint density at radius 2 is 0.908 bits per heavy atom. The van der Waals surface area contributed by atoms with Gasteiger partial charge < -0.3 is 40.0 Å². The lowest BCUT2D eigenvalue weighted by atomic mass is 10.0. The van der Waals surface area contributed by atoms with Crippen LogP contribution in [-0.2, 0) is 9.59 Å². The van der Waals surface area contributed by atoms with Crippen LogP contribution in [0.1, 0.15) is 40.5 Å². The lowest BCUT2D eigenvalue weighted by Crippen LogP contribution is -2.52. The van der Waals surface area contributed by atoms with Gasteiger partial charge in [0.15, 0.2) is 11.6 Å². The van der Waals surface area contributed by atoms with E-state index in [0.717, 1.165) is 0 Å². The first-order chi connectivity index (χ1) is 30.7. The van der Waals surface area contributed by atoms with E-state index in [-0.39, 0.29) is 59.2 Å². The molecule has 0 radical (unpaired) electrons. The zero-order valence-corrected chi connectivity index (χ0v) is 37.6. The number of aliphatic hydroxyl groups is 2. The molecule has 2 aliphatic rings. The molecule has 2 aromatic heterocycles. The average Bonchev–Trinajstić information content (AvgIpc) is 3.28. The summed E-state index contributed by atoms with van der Waals surface area (Å²) in [5, 5.41) is 42.1. The fourth-order valence-corrected chi connectivity index (χ4v) is 8.01. The topological polar surface area (TPSA) is 180 Å². The molecule has 17 heteroatoms. The number of piperazine rings is 2. The molecule has 2 saturated heterocycles. The van der Waals surface area contributed by atoms with Crippen molar-refractivity contribution in [2.24, 2.45) is 11.8 Å². The minimum atomic E-state index is -0.997. The summed E-state index contributed by atoms with van der Waals surface area (Å²) in [4.78, 5) is 50.9. The minimum absolute atomic E-state index is 0. The molecule has 0 bridgehead atoms. The van der Waals surface area contributed by atoms with E-state index in [4.69, 9.17) is 0 Å². The predicted octanol–water partition coefficient (Wildman–Crippen LogP) is 6.82. The number of hydrogen-bond donors (Lipinski definition) is 4. The normalized spacial score (nSPS) is 15.2. The second kappa shape index (κ2) is 21.2. The fraction of sp³-hybridized carbons (Fsp3) is 0.375. The summed E-state index contributed by atoms with van der Waals surface area (Å²) in [5.74, 6) is 1.11. The number of nitrogens with zero attached hydrogens (tertiary/aromatic N) is 8. The molecule has 0 saturated carbocycles. The van der Waals surface area contributed by atoms with Crippen LogP contribution in [0, 0.1) is 23.5 Å². The summed E-state index contributed by atoms with van der Waals surface area (Å²) < 4.78 is 28.1. The maximum Gasteiger partial charge on any atom is 0.251 e. The van der Waals surface area contributed by atoms with Crippen molar-refractivity contribution in [2.75, 3.05) is 62.2 Å². The highest BCUT2D eigenvalue weighted by atomic mass is 35.5. The summed E-state index contributed by atoms with van der Waals surface area (Å²) in [6.45, 7) is 11.6. The highest BCUT2D eigenvalue weighted by Gasteiger charge is 2.30. The number of carbonyl (C=O) groups excluding carboxylic acids is 2. The Morgan fingerprint density at radius 1 is 0.554 bits per heavy atom. The van der Waals surface area contributed by atoms with Gasteiger partial charge in [0, 0.05) is 63.1 Å². The van der Waals surface area contributed by atoms with Gasteiger partial charge in [0.05, 0.1) is 22.2 Å². The van der Waals surface area contributed by atoms with Gasteiger partial charge in [-0.05, 0) is 85.3 Å². The third-order valence-electron chi connectivity index (χ3n) is 11.3. The van der Waals surface area contributed by atoms with Crippen molar-refractivity contribution in [3.8, 4) is 34.3 Å². The van der Waals surface area contributed by atoms with E-state index < -0.39 is 12.2 Å². The van der Waals surface area contributed by atoms with Crippen LogP contribution in [0.25, 0.3) is 44.6 Å². The van der Waals surface area contributed by atoms with E-state index in [0.29, 0.717) is 121 Å². The largest absolute Gasteiger partial charge is 0.507 e. The number of rotatable bonds is 10. The lowest BCUT2D eigenvalue weighted by Gasteiger charge is -2.37. The molecule has 4 heterocycles. The number of fused-ring (bicyclic) bond motifs is 2. The molecular formula is C48H55ClF2N8O6. The van der Waals surface area contributed by atoms with Gasteiger partial charge in [-0.1, -0.05) is 52.0 Å². The van der Waals surface area contributed by atoms with Gasteiger partial charge in [0.1, 0.15) is 47.0 Å². The smallest absolute Gasteiger partial charge is 0.251 e. The molecule has 65 heavy (non-hydrogen) atoms. The number of carbonyl (C=O) groups is 2. The van der Waals surface area contributed by atoms with Crippen molar-refractivity contribution in [1.82, 2.24) is 29.7 Å². The summed E-state index contributed by atoms with van der Waals surface area (Å²) in [7, 11) is 0. The van der Waals surface area contributed by atoms with Crippen molar-refractivity contribution in [3.63, 3.8) is 0 Å². The Morgan fingerprint density at radius 3 is 1.25 bits per heavy atom. The Balaban J connectivity index is 0.000000212. The van der Waals surface area contributed by atoms with E-state index in [2.05, 4.69) is 19.9 Å². The summed E-state index contributed by atoms with van der Waals surface area (Å²) in [6.07, 6.45) is -1.14. The van der Waals surface area contributed by atoms with Crippen LogP contribution in [0.2, 0.25) is 0 Å². The Kier molecular flexibility index (Phi) is 15.7. The average molecular weight is 913 g/mol. The molecule has 2 fully saturated rings. The molecule has 4 N–H and O–H groups in total. The van der Waals surface area contributed by atoms with Crippen LogP contribution in [-0.4, -0.2) is 127 Å². The monoisotopic (exact) mass is 912 g/mol. The zero-order chi connectivity index (χ0) is 45.7. The second-order valence-corrected chi connectivity index (χ2v) is 17.0. The van der Waals surface area contributed by atoms with Crippen LogP contribution in [0.15, 0.2) is 84.9 Å². The molecule has 8 rings (SSSR count). The summed E-state index contributed by atoms with van der Waals surface area (Å²) in [6, 6.07) is 22.3. The number of aromatic hydroxyl groups is 2. The number of hydrogen-bond acceptors (Lipinski definition) is 12. The van der Waals surface area contributed by atoms with Crippen molar-refractivity contribution < 1.29 is 38.8 Å². The number of benzene rings is 4. The molecule has 0 aliphatic carbocycles. The van der Waals surface area contributed by atoms with Gasteiger partial charge >= 0.3 is 0 Å². The van der Waals surface area contributed by atoms with Gasteiger partial charge in [0.25, 0.3) is 11.8 Å². The molecule has 344 valence electrons. The Labute approximate surface area is 382 Å². The van der Waals surface area contributed by atoms with E-state index in [1.807, 2.05) is 37.5 Å². The molecule has 4 aromatic carbocycles. The SMILES string of the molecule is CC(C)C[C@@H](O)C(=O)N1CCN(c2nc(-c3ccccc3O)nc3ccc(F)cc23)CC1.CC(C)C[C@@H](O)C(=O)N1CCN(c2nc(-c3ccccc3O)nc3ccc(F)cc23)CC1.Cl. The van der Waals surface area contributed by atoms with Crippen molar-refractivity contribution in [2.45, 2.75) is 52.7 Å². The standard InChI is InChI=1S/2C24H27FN4O3.ClH/c2*1-15(2)13-21(31)24(32)29-11-9-28(10-12-29)23-18-14-16(25)7-8-19(18)26-22(27-23)17-5-3-4-6-20(17)30;/h2*3-8,14-15,21,30-31H,9-13H2,1-2H3;1H/t2*21-;/m11./s1. The van der Waals surface area contributed by atoms with Gasteiger partial charge in [-0.15, -0.1) is 12.4 Å². The number of amides is 2. The van der Waals surface area contributed by atoms with Crippen LogP contribution < -0.4 is 9.80 Å². The van der Waals surface area contributed by atoms with Crippen molar-refractivity contribution in [3.05, 3.63) is 96.6 Å². The van der Waals surface area contributed by atoms with Gasteiger partial charge in [-0.2, -0.15) is 0 Å². The zero-order valence-electron chi connectivity index (χ0n) is 36.8. The number of halogens is 3. The lowest BCUT2D eigenvalue weighted by molar-refractivity contribution is -0.141. The third kappa shape index (κ3) is 11.4. The molecule has 6 aromatic rings. The van der Waals surface area contributed by atoms with Crippen molar-refractivity contribution in [1.29, 1.82) is 0 Å². The molecule has 0 spiro atoms. The third-order valence-corrected chi connectivity index (χ3v) is 11.3. The number of aromatic nitrogens is 4. The first-order valence-corrected chi connectivity index (χ1v) is 21.6. The van der Waals surface area contributed by atoms with Crippen LogP contribution >= 0.6 is 12.4 Å². The van der Waals surface area contributed by atoms with Crippen molar-refractivity contribution >= 4 is 57.7 Å². The molecule has 2 atom stereocenters. The maximum absolute atomic E-state index is 14.0. The number of para-hydroxylation sites is 2. The number of aliphatic hydroxyl groups excluding tert-OH is 2. The van der Waals surface area contributed by atoms with Gasteiger partial charge in [-0.3, -0.25) is 9.59 Å². The minimum Gasteiger partial charge on any atom is -0.507 e. The van der Waals surface area contributed by atoms with Crippen LogP contribution in [0.3, 0.4) is 0 Å². The van der Waals surface area contributed by atoms with E-state index >= 15 is 0 Å². The second-order valence-electron chi connectivity index (χ2n) is 17.0. The number of phenolic OH excluding ortho intramolecular Hbond substituents is 2. The highest BCUT2D eigenvalue weighted by Crippen LogP contribution is 2.34. The first kappa shape index (κ1) is 48.2. The van der Waals surface area contributed by atoms with Crippen LogP contribution in [0.4, 0.5) is 20.4 Å². The van der Waals surface area contributed by atoms with E-state index in [1.165, 1.54) is 24.3 Å². The maximum atomic E-state index is 14.0. The van der Waals surface area contributed by atoms with Gasteiger partial charge in [0.2, 0.25) is 0 Å². The fourth-order valence-electron chi connectivity index (χ4n) is 8.01. The van der Waals surface area contributed by atoms with E-state index in [1.54, 1.807) is 70.5 Å². The molecule has 2 aliphatic heterocycles. The molecule has 0 unspecified atom stereocenters. The number of phenols is 2. The van der Waals surface area contributed by atoms with Crippen LogP contribution in [0.5, 0.6) is 11.5 Å². The summed E-state index contributed by atoms with van der Waals surface area (Å²) in [5.41, 5.74) is 2.12. The van der Waals surface area contributed by atoms with E-state index in [9.17, 15) is 38.8 Å². The molecular weight excluding hydrogens is 858 g/mol. The quantitative estimate of drug-likeness (QED) is 0.113. The van der Waals surface area contributed by atoms with Gasteiger partial charge in [-0.25, -0.2) is 28.7 Å². The predicted molar refractivity (Wildman–Crippen MR) is 249 cm³/mol. The highest BCUT2D eigenvalue weighted by molar-refractivity contribution is 5.93. The Bertz CT molecular complexity index is 2450.